The summed E-state index contributed by atoms with van der Waals surface area (Å²) < 4.78 is 28.7. The summed E-state index contributed by atoms with van der Waals surface area (Å²) in [7, 11) is -3.09. The number of esters is 1. The van der Waals surface area contributed by atoms with E-state index >= 15 is 0 Å². The average molecular weight is 311 g/mol. The summed E-state index contributed by atoms with van der Waals surface area (Å²) in [6.45, 7) is 1.77. The summed E-state index contributed by atoms with van der Waals surface area (Å²) in [5, 5.41) is -0.411. The van der Waals surface area contributed by atoms with Gasteiger partial charge in [0, 0.05) is 18.4 Å². The van der Waals surface area contributed by atoms with Gasteiger partial charge >= 0.3 is 5.97 Å². The summed E-state index contributed by atoms with van der Waals surface area (Å²) in [5.41, 5.74) is 7.46. The second-order valence-electron chi connectivity index (χ2n) is 5.67. The van der Waals surface area contributed by atoms with Crippen LogP contribution in [0.5, 0.6) is 0 Å². The van der Waals surface area contributed by atoms with Crippen molar-refractivity contribution in [1.29, 1.82) is 0 Å². The molecule has 0 bridgehead atoms. The highest BCUT2D eigenvalue weighted by Crippen LogP contribution is 2.27. The van der Waals surface area contributed by atoms with E-state index in [0.717, 1.165) is 6.42 Å². The largest absolute Gasteiger partial charge is 0.459 e. The summed E-state index contributed by atoms with van der Waals surface area (Å²) in [5.74, 6) is -0.432. The number of sulfone groups is 1. The van der Waals surface area contributed by atoms with E-state index in [-0.39, 0.29) is 6.10 Å². The molecule has 0 aliphatic heterocycles. The van der Waals surface area contributed by atoms with E-state index in [1.165, 1.54) is 6.26 Å². The fraction of sp³-hybridized carbons (Fsp3) is 0.533. The number of hydrogen-bond donors (Lipinski definition) is 1. The number of hydrogen-bond acceptors (Lipinski definition) is 5. The normalized spacial score (nSPS) is 22.8. The van der Waals surface area contributed by atoms with Gasteiger partial charge in [-0.1, -0.05) is 6.07 Å². The van der Waals surface area contributed by atoms with E-state index in [1.807, 2.05) is 0 Å². The Bertz CT molecular complexity index is 639. The van der Waals surface area contributed by atoms with Gasteiger partial charge in [0.15, 0.2) is 0 Å². The molecule has 116 valence electrons. The van der Waals surface area contributed by atoms with Crippen LogP contribution in [0.4, 0.5) is 5.69 Å². The number of nitrogens with two attached hydrogens (primary N) is 1. The van der Waals surface area contributed by atoms with Crippen molar-refractivity contribution in [3.8, 4) is 0 Å². The molecule has 1 aromatic rings. The zero-order valence-electron chi connectivity index (χ0n) is 12.3. The third-order valence-corrected chi connectivity index (χ3v) is 5.69. The first-order chi connectivity index (χ1) is 9.79. The molecule has 2 rings (SSSR count). The van der Waals surface area contributed by atoms with Crippen LogP contribution in [-0.2, 0) is 14.6 Å². The average Bonchev–Trinajstić information content (AvgIpc) is 2.41. The van der Waals surface area contributed by atoms with E-state index in [4.69, 9.17) is 10.5 Å². The number of rotatable bonds is 3. The Morgan fingerprint density at radius 2 is 2.05 bits per heavy atom. The van der Waals surface area contributed by atoms with E-state index in [9.17, 15) is 13.2 Å². The van der Waals surface area contributed by atoms with Gasteiger partial charge in [-0.2, -0.15) is 0 Å². The lowest BCUT2D eigenvalue weighted by Crippen LogP contribution is -2.33. The van der Waals surface area contributed by atoms with Gasteiger partial charge in [-0.3, -0.25) is 0 Å². The van der Waals surface area contributed by atoms with Gasteiger partial charge in [0.25, 0.3) is 0 Å². The minimum atomic E-state index is -3.09. The smallest absolute Gasteiger partial charge is 0.338 e. The first-order valence-corrected chi connectivity index (χ1v) is 8.99. The second-order valence-corrected chi connectivity index (χ2v) is 7.99. The fourth-order valence-electron chi connectivity index (χ4n) is 2.69. The number of benzene rings is 1. The van der Waals surface area contributed by atoms with Crippen LogP contribution in [0.1, 0.15) is 41.6 Å². The van der Waals surface area contributed by atoms with Gasteiger partial charge in [-0.15, -0.1) is 0 Å². The van der Waals surface area contributed by atoms with Gasteiger partial charge in [-0.25, -0.2) is 13.2 Å². The third-order valence-electron chi connectivity index (χ3n) is 4.05. The minimum absolute atomic E-state index is 0.341. The lowest BCUT2D eigenvalue weighted by molar-refractivity contribution is 0.0214. The third kappa shape index (κ3) is 3.75. The molecule has 1 aliphatic rings. The summed E-state index contributed by atoms with van der Waals surface area (Å²) in [6, 6.07) is 5.11. The van der Waals surface area contributed by atoms with Crippen molar-refractivity contribution in [2.75, 3.05) is 12.0 Å². The molecule has 2 unspecified atom stereocenters. The molecule has 0 amide bonds. The van der Waals surface area contributed by atoms with Crippen molar-refractivity contribution in [2.24, 2.45) is 0 Å². The van der Waals surface area contributed by atoms with Gasteiger partial charge in [0.1, 0.15) is 15.9 Å². The van der Waals surface area contributed by atoms with Crippen LogP contribution >= 0.6 is 0 Å². The molecule has 1 aliphatic carbocycles. The molecule has 0 aromatic heterocycles. The van der Waals surface area contributed by atoms with Gasteiger partial charge in [-0.05, 0) is 43.9 Å². The van der Waals surface area contributed by atoms with Crippen LogP contribution in [-0.4, -0.2) is 32.0 Å². The first kappa shape index (κ1) is 15.8. The summed E-state index contributed by atoms with van der Waals surface area (Å²) in [4.78, 5) is 12.2. The molecule has 0 saturated heterocycles. The van der Waals surface area contributed by atoms with E-state index < -0.39 is 21.1 Å². The molecular weight excluding hydrogens is 290 g/mol. The highest BCUT2D eigenvalue weighted by molar-refractivity contribution is 7.91. The van der Waals surface area contributed by atoms with E-state index in [1.54, 1.807) is 25.1 Å². The Morgan fingerprint density at radius 3 is 2.71 bits per heavy atom. The number of ether oxygens (including phenoxy) is 1. The van der Waals surface area contributed by atoms with Gasteiger partial charge in [0.2, 0.25) is 0 Å². The lowest BCUT2D eigenvalue weighted by atomic mass is 9.97. The molecular formula is C15H21NO4S. The zero-order valence-corrected chi connectivity index (χ0v) is 13.2. The van der Waals surface area contributed by atoms with Crippen molar-refractivity contribution < 1.29 is 17.9 Å². The fourth-order valence-corrected chi connectivity index (χ4v) is 3.85. The maximum atomic E-state index is 12.2. The molecule has 1 aromatic carbocycles. The number of carbonyl (C=O) groups excluding carboxylic acids is 1. The molecule has 21 heavy (non-hydrogen) atoms. The van der Waals surface area contributed by atoms with Crippen LogP contribution in [0.25, 0.3) is 0 Å². The van der Waals surface area contributed by atoms with Crippen LogP contribution in [0, 0.1) is 6.92 Å². The van der Waals surface area contributed by atoms with Gasteiger partial charge in [0.05, 0.1) is 10.8 Å². The number of carbonyl (C=O) groups is 1. The molecule has 0 radical (unpaired) electrons. The standard InChI is InChI=1S/C15H21NO4S/c1-10-13(7-4-8-14(10)16)15(17)20-11-5-3-6-12(9-11)21(2,18)19/h4,7-8,11-12H,3,5-6,9,16H2,1-2H3. The second kappa shape index (κ2) is 6.05. The van der Waals surface area contributed by atoms with E-state index in [2.05, 4.69) is 0 Å². The van der Waals surface area contributed by atoms with Gasteiger partial charge < -0.3 is 10.5 Å². The van der Waals surface area contributed by atoms with Crippen LogP contribution in [0.3, 0.4) is 0 Å². The highest BCUT2D eigenvalue weighted by Gasteiger charge is 2.31. The monoisotopic (exact) mass is 311 g/mol. The van der Waals surface area contributed by atoms with Crippen molar-refractivity contribution in [1.82, 2.24) is 0 Å². The Hall–Kier alpha value is -1.56. The topological polar surface area (TPSA) is 86.5 Å². The Kier molecular flexibility index (Phi) is 4.56. The molecule has 6 heteroatoms. The van der Waals surface area contributed by atoms with Crippen LogP contribution in [0.15, 0.2) is 18.2 Å². The van der Waals surface area contributed by atoms with Crippen molar-refractivity contribution in [2.45, 2.75) is 44.0 Å². The van der Waals surface area contributed by atoms with Crippen LogP contribution < -0.4 is 5.73 Å². The Morgan fingerprint density at radius 1 is 1.33 bits per heavy atom. The Balaban J connectivity index is 2.08. The molecule has 1 saturated carbocycles. The molecule has 5 nitrogen and oxygen atoms in total. The highest BCUT2D eigenvalue weighted by atomic mass is 32.2. The van der Waals surface area contributed by atoms with Crippen LogP contribution in [0.2, 0.25) is 0 Å². The molecule has 0 spiro atoms. The summed E-state index contributed by atoms with van der Waals surface area (Å²) in [6.07, 6.45) is 3.39. The molecule has 2 atom stereocenters. The number of nitrogen functional groups attached to an aromatic ring is 1. The maximum Gasteiger partial charge on any atom is 0.338 e. The SMILES string of the molecule is Cc1c(N)cccc1C(=O)OC1CCCC(S(C)(=O)=O)C1. The van der Waals surface area contributed by atoms with Crippen molar-refractivity contribution in [3.05, 3.63) is 29.3 Å². The Labute approximate surface area is 125 Å². The molecule has 0 heterocycles. The maximum absolute atomic E-state index is 12.2. The summed E-state index contributed by atoms with van der Waals surface area (Å²) >= 11 is 0. The minimum Gasteiger partial charge on any atom is -0.459 e. The zero-order chi connectivity index (χ0) is 15.6. The lowest BCUT2D eigenvalue weighted by Gasteiger charge is -2.28. The van der Waals surface area contributed by atoms with Crippen molar-refractivity contribution in [3.63, 3.8) is 0 Å². The first-order valence-electron chi connectivity index (χ1n) is 7.04. The quantitative estimate of drug-likeness (QED) is 0.682. The predicted molar refractivity (Wildman–Crippen MR) is 81.9 cm³/mol. The van der Waals surface area contributed by atoms with Crippen molar-refractivity contribution >= 4 is 21.5 Å². The predicted octanol–water partition coefficient (Wildman–Crippen LogP) is 2.09. The number of anilines is 1. The molecule has 2 N–H and O–H groups in total. The molecule has 1 fully saturated rings. The van der Waals surface area contributed by atoms with E-state index in [0.29, 0.717) is 36.1 Å².